The summed E-state index contributed by atoms with van der Waals surface area (Å²) >= 11 is 2.72. The van der Waals surface area contributed by atoms with Gasteiger partial charge in [0, 0.05) is 17.8 Å². The molecule has 1 aliphatic heterocycles. The van der Waals surface area contributed by atoms with Crippen molar-refractivity contribution >= 4 is 55.9 Å². The molecule has 2 amide bonds. The molecule has 156 valence electrons. The van der Waals surface area contributed by atoms with Crippen LogP contribution in [0.5, 0.6) is 5.88 Å². The van der Waals surface area contributed by atoms with E-state index in [4.69, 9.17) is 5.11 Å². The van der Waals surface area contributed by atoms with E-state index in [1.54, 1.807) is 10.3 Å². The lowest BCUT2D eigenvalue weighted by molar-refractivity contribution is 0.143. The molecule has 0 fully saturated rings. The Bertz CT molecular complexity index is 1270. The number of carbonyl (C=O) groups excluding carboxylic acids is 1. The molecule has 0 atom stereocenters. The lowest BCUT2D eigenvalue weighted by atomic mass is 10.00. The maximum atomic E-state index is 13.1. The van der Waals surface area contributed by atoms with Gasteiger partial charge in [-0.05, 0) is 36.6 Å². The van der Waals surface area contributed by atoms with Gasteiger partial charge in [-0.3, -0.25) is 10.2 Å². The van der Waals surface area contributed by atoms with Gasteiger partial charge < -0.3 is 9.84 Å². The summed E-state index contributed by atoms with van der Waals surface area (Å²) in [5.41, 5.74) is 3.54. The minimum absolute atomic E-state index is 0.0376. The highest BCUT2D eigenvalue weighted by molar-refractivity contribution is 7.22. The lowest BCUT2D eigenvalue weighted by Gasteiger charge is -2.29. The van der Waals surface area contributed by atoms with E-state index in [1.807, 2.05) is 42.5 Å². The molecule has 0 bridgehead atoms. The molecule has 0 spiro atoms. The maximum absolute atomic E-state index is 13.1. The zero-order valence-electron chi connectivity index (χ0n) is 16.1. The van der Waals surface area contributed by atoms with Gasteiger partial charge in [-0.1, -0.05) is 35.6 Å². The highest BCUT2D eigenvalue weighted by atomic mass is 32.1. The second-order valence-electron chi connectivity index (χ2n) is 6.87. The van der Waals surface area contributed by atoms with Crippen molar-refractivity contribution < 1.29 is 19.4 Å². The van der Waals surface area contributed by atoms with Crippen molar-refractivity contribution in [1.29, 1.82) is 0 Å². The summed E-state index contributed by atoms with van der Waals surface area (Å²) < 4.78 is 5.63. The molecular weight excluding hydrogens is 436 g/mol. The Morgan fingerprint density at radius 3 is 2.87 bits per heavy atom. The number of hydrogen-bond donors (Lipinski definition) is 2. The Morgan fingerprint density at radius 2 is 2.03 bits per heavy atom. The number of aromatic nitrogens is 2. The Balaban J connectivity index is 1.41. The molecule has 31 heavy (non-hydrogen) atoms. The standard InChI is InChI=1S/C21H16N4O4S2/c26-20(24-19-22-14-5-1-2-6-16(14)31-19)25-9-3-4-12-7-8-13(10-15(12)25)18-23-17(11-30-18)29-21(27)28/h1-2,5-8,10-11H,3-4,9H2,(H,27,28)(H,22,24,26). The van der Waals surface area contributed by atoms with Crippen LogP contribution in [0.25, 0.3) is 20.8 Å². The van der Waals surface area contributed by atoms with Gasteiger partial charge in [0.1, 0.15) is 5.01 Å². The Kier molecular flexibility index (Phi) is 5.00. The lowest BCUT2D eigenvalue weighted by Crippen LogP contribution is -2.38. The average Bonchev–Trinajstić information content (AvgIpc) is 3.38. The number of anilines is 2. The van der Waals surface area contributed by atoms with Crippen LogP contribution in [0.2, 0.25) is 0 Å². The molecule has 2 N–H and O–H groups in total. The first-order valence-corrected chi connectivity index (χ1v) is 11.2. The molecule has 1 aliphatic rings. The van der Waals surface area contributed by atoms with E-state index >= 15 is 0 Å². The van der Waals surface area contributed by atoms with Crippen LogP contribution in [0.4, 0.5) is 20.4 Å². The van der Waals surface area contributed by atoms with Crippen molar-refractivity contribution in [3.63, 3.8) is 0 Å². The van der Waals surface area contributed by atoms with Crippen molar-refractivity contribution in [2.75, 3.05) is 16.8 Å². The number of nitrogens with zero attached hydrogens (tertiary/aromatic N) is 3. The van der Waals surface area contributed by atoms with E-state index in [2.05, 4.69) is 20.0 Å². The van der Waals surface area contributed by atoms with Gasteiger partial charge in [-0.15, -0.1) is 11.3 Å². The average molecular weight is 453 g/mol. The van der Waals surface area contributed by atoms with Crippen LogP contribution < -0.4 is 15.0 Å². The predicted octanol–water partition coefficient (Wildman–Crippen LogP) is 5.46. The van der Waals surface area contributed by atoms with Crippen molar-refractivity contribution in [2.24, 2.45) is 0 Å². The van der Waals surface area contributed by atoms with Crippen molar-refractivity contribution in [1.82, 2.24) is 9.97 Å². The number of rotatable bonds is 3. The van der Waals surface area contributed by atoms with Gasteiger partial charge in [0.05, 0.1) is 15.6 Å². The fourth-order valence-corrected chi connectivity index (χ4v) is 5.11. The molecule has 0 saturated carbocycles. The second-order valence-corrected chi connectivity index (χ2v) is 8.76. The number of carbonyl (C=O) groups is 2. The van der Waals surface area contributed by atoms with Crippen LogP contribution in [-0.4, -0.2) is 33.8 Å². The van der Waals surface area contributed by atoms with E-state index in [-0.39, 0.29) is 11.9 Å². The van der Waals surface area contributed by atoms with Crippen LogP contribution in [0.1, 0.15) is 12.0 Å². The fourth-order valence-electron chi connectivity index (χ4n) is 3.53. The number of carboxylic acid groups (broad SMARTS) is 1. The number of hydrogen-bond acceptors (Lipinski definition) is 7. The molecule has 2 aromatic carbocycles. The molecule has 10 heteroatoms. The van der Waals surface area contributed by atoms with Gasteiger partial charge in [0.2, 0.25) is 5.88 Å². The molecule has 8 nitrogen and oxygen atoms in total. The van der Waals surface area contributed by atoms with Gasteiger partial charge in [-0.25, -0.2) is 19.6 Å². The van der Waals surface area contributed by atoms with E-state index in [9.17, 15) is 9.59 Å². The third-order valence-corrected chi connectivity index (χ3v) is 6.70. The number of thiazole rings is 2. The van der Waals surface area contributed by atoms with Crippen molar-refractivity contribution in [3.05, 3.63) is 53.4 Å². The predicted molar refractivity (Wildman–Crippen MR) is 121 cm³/mol. The molecular formula is C21H16N4O4S2. The van der Waals surface area contributed by atoms with Crippen LogP contribution in [0.15, 0.2) is 47.8 Å². The normalized spacial score (nSPS) is 13.1. The number of ether oxygens (including phenoxy) is 1. The molecule has 5 rings (SSSR count). The van der Waals surface area contributed by atoms with Gasteiger partial charge in [0.15, 0.2) is 5.13 Å². The highest BCUT2D eigenvalue weighted by Gasteiger charge is 2.24. The number of benzene rings is 2. The minimum atomic E-state index is -1.40. The van der Waals surface area contributed by atoms with Crippen LogP contribution >= 0.6 is 22.7 Å². The smallest absolute Gasteiger partial charge is 0.449 e. The SMILES string of the molecule is O=C(O)Oc1csc(-c2ccc3c(c2)N(C(=O)Nc2nc4ccccc4s2)CCC3)n1. The summed E-state index contributed by atoms with van der Waals surface area (Å²) in [4.78, 5) is 34.2. The summed E-state index contributed by atoms with van der Waals surface area (Å²) in [6.07, 6.45) is 0.346. The maximum Gasteiger partial charge on any atom is 0.512 e. The summed E-state index contributed by atoms with van der Waals surface area (Å²) in [5.74, 6) is 0.0376. The third-order valence-electron chi connectivity index (χ3n) is 4.88. The van der Waals surface area contributed by atoms with E-state index in [1.165, 1.54) is 22.7 Å². The molecule has 2 aromatic heterocycles. The number of amides is 2. The van der Waals surface area contributed by atoms with Gasteiger partial charge in [-0.2, -0.15) is 0 Å². The number of urea groups is 1. The van der Waals surface area contributed by atoms with E-state index in [0.29, 0.717) is 16.7 Å². The molecule has 0 saturated heterocycles. The topological polar surface area (TPSA) is 105 Å². The minimum Gasteiger partial charge on any atom is -0.449 e. The summed E-state index contributed by atoms with van der Waals surface area (Å²) in [7, 11) is 0. The number of nitrogens with one attached hydrogen (secondary N) is 1. The van der Waals surface area contributed by atoms with E-state index < -0.39 is 6.16 Å². The first-order valence-electron chi connectivity index (χ1n) is 9.50. The van der Waals surface area contributed by atoms with E-state index in [0.717, 1.165) is 39.9 Å². The van der Waals surface area contributed by atoms with Crippen LogP contribution in [-0.2, 0) is 6.42 Å². The van der Waals surface area contributed by atoms with Crippen LogP contribution in [0, 0.1) is 0 Å². The zero-order valence-corrected chi connectivity index (χ0v) is 17.7. The molecule has 0 aliphatic carbocycles. The molecule has 4 aromatic rings. The van der Waals surface area contributed by atoms with Crippen molar-refractivity contribution in [2.45, 2.75) is 12.8 Å². The van der Waals surface area contributed by atoms with Gasteiger partial charge in [0.25, 0.3) is 0 Å². The summed E-state index contributed by atoms with van der Waals surface area (Å²) in [6, 6.07) is 13.4. The summed E-state index contributed by atoms with van der Waals surface area (Å²) in [5, 5.41) is 14.4. The monoisotopic (exact) mass is 452 g/mol. The second kappa shape index (κ2) is 7.97. The largest absolute Gasteiger partial charge is 0.512 e. The summed E-state index contributed by atoms with van der Waals surface area (Å²) in [6.45, 7) is 0.596. The highest BCUT2D eigenvalue weighted by Crippen LogP contribution is 2.35. The fraction of sp³-hybridized carbons (Fsp3) is 0.143. The number of aryl methyl sites for hydroxylation is 1. The van der Waals surface area contributed by atoms with Gasteiger partial charge >= 0.3 is 12.2 Å². The Morgan fingerprint density at radius 1 is 1.16 bits per heavy atom. The molecule has 0 unspecified atom stereocenters. The number of para-hydroxylation sites is 1. The molecule has 0 radical (unpaired) electrons. The Labute approximate surface area is 184 Å². The third kappa shape index (κ3) is 3.94. The number of fused-ring (bicyclic) bond motifs is 2. The quantitative estimate of drug-likeness (QED) is 0.400. The zero-order chi connectivity index (χ0) is 21.4. The Hall–Kier alpha value is -3.50. The molecule has 3 heterocycles. The van der Waals surface area contributed by atoms with Crippen molar-refractivity contribution in [3.8, 4) is 16.5 Å². The van der Waals surface area contributed by atoms with Crippen LogP contribution in [0.3, 0.4) is 0 Å². The first kappa shape index (κ1) is 19.5. The first-order chi connectivity index (χ1) is 15.1.